The number of pyridine rings is 1. The van der Waals surface area contributed by atoms with Crippen LogP contribution in [0, 0.1) is 6.92 Å². The summed E-state index contributed by atoms with van der Waals surface area (Å²) in [5.74, 6) is 1.34. The predicted octanol–water partition coefficient (Wildman–Crippen LogP) is 1.52. The largest absolute Gasteiger partial charge is 0.424 e. The molecule has 0 N–H and O–H groups in total. The van der Waals surface area contributed by atoms with Crippen LogP contribution in [0.3, 0.4) is 0 Å². The van der Waals surface area contributed by atoms with Gasteiger partial charge in [-0.25, -0.2) is 0 Å². The highest BCUT2D eigenvalue weighted by atomic mass is 16.4. The molecule has 1 aliphatic heterocycles. The molecule has 3 rings (SSSR count). The molecule has 118 valence electrons. The quantitative estimate of drug-likeness (QED) is 0.806. The highest BCUT2D eigenvalue weighted by Gasteiger charge is 2.26. The summed E-state index contributed by atoms with van der Waals surface area (Å²) in [5.41, 5.74) is 1.35. The zero-order chi connectivity index (χ0) is 15.4. The van der Waals surface area contributed by atoms with E-state index in [1.54, 1.807) is 0 Å². The van der Waals surface area contributed by atoms with Gasteiger partial charge in [-0.2, -0.15) is 0 Å². The molecule has 2 aromatic heterocycles. The van der Waals surface area contributed by atoms with E-state index in [1.165, 1.54) is 12.0 Å². The zero-order valence-electron chi connectivity index (χ0n) is 13.3. The van der Waals surface area contributed by atoms with Crippen molar-refractivity contribution in [3.8, 4) is 0 Å². The average molecular weight is 301 g/mol. The Labute approximate surface area is 131 Å². The van der Waals surface area contributed by atoms with Crippen LogP contribution in [0.25, 0.3) is 0 Å². The molecule has 6 heteroatoms. The van der Waals surface area contributed by atoms with Gasteiger partial charge < -0.3 is 9.32 Å². The van der Waals surface area contributed by atoms with Gasteiger partial charge in [0, 0.05) is 38.4 Å². The fraction of sp³-hybridized carbons (Fsp3) is 0.562. The van der Waals surface area contributed by atoms with E-state index >= 15 is 0 Å². The normalized spacial score (nSPS) is 19.1. The van der Waals surface area contributed by atoms with Crippen molar-refractivity contribution in [2.75, 3.05) is 26.7 Å². The lowest BCUT2D eigenvalue weighted by Crippen LogP contribution is -2.34. The van der Waals surface area contributed by atoms with Gasteiger partial charge in [-0.1, -0.05) is 0 Å². The van der Waals surface area contributed by atoms with Gasteiger partial charge in [-0.15, -0.1) is 10.2 Å². The third-order valence-corrected chi connectivity index (χ3v) is 4.29. The number of likely N-dealkylation sites (tertiary alicyclic amines) is 1. The predicted molar refractivity (Wildman–Crippen MR) is 83.3 cm³/mol. The first-order chi connectivity index (χ1) is 10.7. The number of aryl methyl sites for hydroxylation is 1. The Hall–Kier alpha value is -1.79. The molecule has 3 heterocycles. The maximum Gasteiger partial charge on any atom is 0.230 e. The fourth-order valence-corrected chi connectivity index (χ4v) is 2.96. The van der Waals surface area contributed by atoms with Crippen LogP contribution in [0.4, 0.5) is 0 Å². The molecular weight excluding hydrogens is 278 g/mol. The molecular formula is C16H23N5O. The molecule has 0 unspecified atom stereocenters. The SMILES string of the molecule is Cc1nnc(CN(C)[C@@H]2CCN(CCc3ccncc3)C2)o1. The fourth-order valence-electron chi connectivity index (χ4n) is 2.96. The van der Waals surface area contributed by atoms with Crippen molar-refractivity contribution >= 4 is 0 Å². The summed E-state index contributed by atoms with van der Waals surface area (Å²) in [4.78, 5) is 8.91. The van der Waals surface area contributed by atoms with Gasteiger partial charge in [0.2, 0.25) is 11.8 Å². The minimum atomic E-state index is 0.560. The van der Waals surface area contributed by atoms with Gasteiger partial charge in [-0.3, -0.25) is 9.88 Å². The summed E-state index contributed by atoms with van der Waals surface area (Å²) < 4.78 is 5.46. The number of rotatable bonds is 6. The van der Waals surface area contributed by atoms with Gasteiger partial charge in [0.15, 0.2) is 0 Å². The van der Waals surface area contributed by atoms with E-state index in [0.717, 1.165) is 32.6 Å². The Kier molecular flexibility index (Phi) is 4.80. The lowest BCUT2D eigenvalue weighted by molar-refractivity contribution is 0.206. The Bertz CT molecular complexity index is 585. The van der Waals surface area contributed by atoms with Crippen LogP contribution >= 0.6 is 0 Å². The summed E-state index contributed by atoms with van der Waals surface area (Å²) in [6, 6.07) is 4.75. The summed E-state index contributed by atoms with van der Waals surface area (Å²) in [6.07, 6.45) is 6.01. The number of hydrogen-bond donors (Lipinski definition) is 0. The van der Waals surface area contributed by atoms with E-state index in [1.807, 2.05) is 19.3 Å². The highest BCUT2D eigenvalue weighted by molar-refractivity contribution is 5.10. The Morgan fingerprint density at radius 2 is 2.14 bits per heavy atom. The lowest BCUT2D eigenvalue weighted by Gasteiger charge is -2.23. The molecule has 1 atom stereocenters. The molecule has 0 amide bonds. The standard InChI is InChI=1S/C16H23N5O/c1-13-18-19-16(22-13)12-20(2)15-6-10-21(11-15)9-5-14-3-7-17-8-4-14/h3-4,7-8,15H,5-6,9-12H2,1-2H3/t15-/m1/s1. The van der Waals surface area contributed by atoms with Crippen molar-refractivity contribution < 1.29 is 4.42 Å². The third-order valence-electron chi connectivity index (χ3n) is 4.29. The highest BCUT2D eigenvalue weighted by Crippen LogP contribution is 2.17. The summed E-state index contributed by atoms with van der Waals surface area (Å²) in [6.45, 7) is 5.92. The second-order valence-electron chi connectivity index (χ2n) is 5.98. The van der Waals surface area contributed by atoms with Gasteiger partial charge in [0.05, 0.1) is 6.54 Å². The molecule has 0 bridgehead atoms. The van der Waals surface area contributed by atoms with E-state index in [9.17, 15) is 0 Å². The van der Waals surface area contributed by atoms with Crippen molar-refractivity contribution in [3.05, 3.63) is 41.9 Å². The lowest BCUT2D eigenvalue weighted by atomic mass is 10.2. The van der Waals surface area contributed by atoms with Crippen molar-refractivity contribution in [1.82, 2.24) is 25.0 Å². The molecule has 1 saturated heterocycles. The molecule has 0 spiro atoms. The molecule has 1 aliphatic rings. The second-order valence-corrected chi connectivity index (χ2v) is 5.98. The van der Waals surface area contributed by atoms with Crippen LogP contribution in [-0.4, -0.2) is 57.7 Å². The Morgan fingerprint density at radius 1 is 1.32 bits per heavy atom. The summed E-state index contributed by atoms with van der Waals surface area (Å²) in [5, 5.41) is 7.96. The molecule has 0 saturated carbocycles. The molecule has 1 fully saturated rings. The van der Waals surface area contributed by atoms with Crippen LogP contribution in [0.1, 0.15) is 23.8 Å². The second kappa shape index (κ2) is 6.98. The van der Waals surface area contributed by atoms with E-state index in [-0.39, 0.29) is 0 Å². The number of nitrogens with zero attached hydrogens (tertiary/aromatic N) is 5. The van der Waals surface area contributed by atoms with Crippen LogP contribution in [0.2, 0.25) is 0 Å². The maximum absolute atomic E-state index is 5.46. The van der Waals surface area contributed by atoms with E-state index in [4.69, 9.17) is 4.42 Å². The summed E-state index contributed by atoms with van der Waals surface area (Å²) >= 11 is 0. The van der Waals surface area contributed by atoms with Crippen molar-refractivity contribution in [2.45, 2.75) is 32.4 Å². The van der Waals surface area contributed by atoms with Crippen LogP contribution in [0.5, 0.6) is 0 Å². The molecule has 6 nitrogen and oxygen atoms in total. The van der Waals surface area contributed by atoms with E-state index in [0.29, 0.717) is 17.8 Å². The molecule has 22 heavy (non-hydrogen) atoms. The van der Waals surface area contributed by atoms with Gasteiger partial charge in [0.25, 0.3) is 0 Å². The first kappa shape index (κ1) is 15.1. The minimum Gasteiger partial charge on any atom is -0.424 e. The molecule has 0 aromatic carbocycles. The van der Waals surface area contributed by atoms with Crippen molar-refractivity contribution in [1.29, 1.82) is 0 Å². The number of hydrogen-bond acceptors (Lipinski definition) is 6. The topological polar surface area (TPSA) is 58.3 Å². The third kappa shape index (κ3) is 3.90. The molecule has 0 radical (unpaired) electrons. The Morgan fingerprint density at radius 3 is 2.86 bits per heavy atom. The molecule has 2 aromatic rings. The zero-order valence-corrected chi connectivity index (χ0v) is 13.3. The smallest absolute Gasteiger partial charge is 0.230 e. The van der Waals surface area contributed by atoms with Gasteiger partial charge in [0.1, 0.15) is 0 Å². The first-order valence-corrected chi connectivity index (χ1v) is 7.81. The van der Waals surface area contributed by atoms with Crippen LogP contribution < -0.4 is 0 Å². The number of likely N-dealkylation sites (N-methyl/N-ethyl adjacent to an activating group) is 1. The van der Waals surface area contributed by atoms with Crippen molar-refractivity contribution in [2.24, 2.45) is 0 Å². The van der Waals surface area contributed by atoms with Gasteiger partial charge >= 0.3 is 0 Å². The number of aromatic nitrogens is 3. The van der Waals surface area contributed by atoms with E-state index in [2.05, 4.69) is 44.2 Å². The first-order valence-electron chi connectivity index (χ1n) is 7.81. The van der Waals surface area contributed by atoms with Crippen LogP contribution in [0.15, 0.2) is 28.9 Å². The summed E-state index contributed by atoms with van der Waals surface area (Å²) in [7, 11) is 2.14. The van der Waals surface area contributed by atoms with Crippen molar-refractivity contribution in [3.63, 3.8) is 0 Å². The average Bonchev–Trinajstić information content (AvgIpc) is 3.15. The Balaban J connectivity index is 1.45. The minimum absolute atomic E-state index is 0.560. The molecule has 0 aliphatic carbocycles. The van der Waals surface area contributed by atoms with E-state index < -0.39 is 0 Å². The van der Waals surface area contributed by atoms with Crippen LogP contribution in [-0.2, 0) is 13.0 Å². The van der Waals surface area contributed by atoms with Gasteiger partial charge in [-0.05, 0) is 44.1 Å². The monoisotopic (exact) mass is 301 g/mol. The maximum atomic E-state index is 5.46.